The second kappa shape index (κ2) is 4.66. The van der Waals surface area contributed by atoms with E-state index in [0.717, 1.165) is 16.5 Å². The van der Waals surface area contributed by atoms with Crippen LogP contribution in [0.25, 0.3) is 0 Å². The molecule has 0 bridgehead atoms. The van der Waals surface area contributed by atoms with Crippen LogP contribution in [0.2, 0.25) is 0 Å². The molecule has 1 aromatic heterocycles. The van der Waals surface area contributed by atoms with Gasteiger partial charge in [0.1, 0.15) is 12.4 Å². The summed E-state index contributed by atoms with van der Waals surface area (Å²) in [4.78, 5) is 4.38. The Bertz CT molecular complexity index is 470. The highest BCUT2D eigenvalue weighted by Crippen LogP contribution is 2.23. The molecule has 0 aliphatic carbocycles. The largest absolute Gasteiger partial charge is 0.487 e. The van der Waals surface area contributed by atoms with Crippen molar-refractivity contribution in [2.24, 2.45) is 0 Å². The number of hydrogen-bond acceptors (Lipinski definition) is 3. The van der Waals surface area contributed by atoms with Crippen molar-refractivity contribution in [3.63, 3.8) is 0 Å². The summed E-state index contributed by atoms with van der Waals surface area (Å²) in [5.74, 6) is 0.980. The molecule has 1 heterocycles. The lowest BCUT2D eigenvalue weighted by molar-refractivity contribution is 0.298. The van der Waals surface area contributed by atoms with Crippen molar-refractivity contribution >= 4 is 11.3 Å². The fourth-order valence-corrected chi connectivity index (χ4v) is 2.24. The van der Waals surface area contributed by atoms with Crippen LogP contribution in [0, 0.1) is 20.8 Å². The highest BCUT2D eigenvalue weighted by atomic mass is 32.1. The van der Waals surface area contributed by atoms with Crippen LogP contribution >= 0.6 is 11.3 Å². The van der Waals surface area contributed by atoms with Gasteiger partial charge in [0.2, 0.25) is 0 Å². The van der Waals surface area contributed by atoms with E-state index in [-0.39, 0.29) is 0 Å². The quantitative estimate of drug-likeness (QED) is 0.807. The lowest BCUT2D eigenvalue weighted by Gasteiger charge is -2.10. The number of rotatable bonds is 3. The molecule has 0 saturated carbocycles. The first-order valence-electron chi connectivity index (χ1n) is 5.27. The van der Waals surface area contributed by atoms with E-state index in [1.54, 1.807) is 11.3 Å². The predicted octanol–water partition coefficient (Wildman–Crippen LogP) is 3.65. The molecule has 0 aliphatic rings. The molecule has 0 fully saturated rings. The standard InChI is InChI=1S/C13H15NOS/c1-9-5-4-6-10(2)13(9)15-7-12-8-16-11(3)14-12/h4-6,8H,7H2,1-3H3. The first-order chi connectivity index (χ1) is 7.66. The minimum Gasteiger partial charge on any atom is -0.487 e. The first-order valence-corrected chi connectivity index (χ1v) is 6.15. The Kier molecular flexibility index (Phi) is 3.25. The van der Waals surface area contributed by atoms with E-state index < -0.39 is 0 Å². The summed E-state index contributed by atoms with van der Waals surface area (Å²) in [6.07, 6.45) is 0. The molecule has 2 nitrogen and oxygen atoms in total. The monoisotopic (exact) mass is 233 g/mol. The highest BCUT2D eigenvalue weighted by Gasteiger charge is 2.04. The first kappa shape index (κ1) is 11.1. The second-order valence-electron chi connectivity index (χ2n) is 3.87. The minimum atomic E-state index is 0.552. The van der Waals surface area contributed by atoms with Gasteiger partial charge >= 0.3 is 0 Å². The zero-order valence-electron chi connectivity index (χ0n) is 9.78. The molecule has 0 spiro atoms. The Hall–Kier alpha value is -1.35. The van der Waals surface area contributed by atoms with Gasteiger partial charge in [-0.3, -0.25) is 0 Å². The summed E-state index contributed by atoms with van der Waals surface area (Å²) in [6.45, 7) is 6.69. The normalized spacial score (nSPS) is 10.4. The predicted molar refractivity (Wildman–Crippen MR) is 67.1 cm³/mol. The van der Waals surface area contributed by atoms with Gasteiger partial charge in [-0.2, -0.15) is 0 Å². The van der Waals surface area contributed by atoms with Gasteiger partial charge in [0.05, 0.1) is 10.7 Å². The van der Waals surface area contributed by atoms with Crippen LogP contribution in [-0.2, 0) is 6.61 Å². The second-order valence-corrected chi connectivity index (χ2v) is 4.93. The summed E-state index contributed by atoms with van der Waals surface area (Å²) >= 11 is 1.66. The molecule has 16 heavy (non-hydrogen) atoms. The van der Waals surface area contributed by atoms with E-state index in [1.165, 1.54) is 11.1 Å². The van der Waals surface area contributed by atoms with Crippen LogP contribution in [0.4, 0.5) is 0 Å². The molecule has 2 rings (SSSR count). The lowest BCUT2D eigenvalue weighted by atomic mass is 10.1. The third kappa shape index (κ3) is 2.42. The number of ether oxygens (including phenoxy) is 1. The number of benzene rings is 1. The summed E-state index contributed by atoms with van der Waals surface area (Å²) in [6, 6.07) is 6.17. The fraction of sp³-hybridized carbons (Fsp3) is 0.308. The van der Waals surface area contributed by atoms with Crippen molar-refractivity contribution in [3.8, 4) is 5.75 Å². The molecule has 2 aromatic rings. The van der Waals surface area contributed by atoms with Crippen molar-refractivity contribution in [1.82, 2.24) is 4.98 Å². The molecule has 0 saturated heterocycles. The summed E-state index contributed by atoms with van der Waals surface area (Å²) < 4.78 is 5.81. The lowest BCUT2D eigenvalue weighted by Crippen LogP contribution is -1.99. The Morgan fingerprint density at radius 1 is 1.19 bits per heavy atom. The van der Waals surface area contributed by atoms with Gasteiger partial charge in [-0.05, 0) is 31.9 Å². The average molecular weight is 233 g/mol. The van der Waals surface area contributed by atoms with E-state index in [1.807, 2.05) is 18.4 Å². The zero-order valence-corrected chi connectivity index (χ0v) is 10.6. The average Bonchev–Trinajstić information content (AvgIpc) is 2.63. The molecule has 3 heteroatoms. The molecule has 0 unspecified atom stereocenters. The highest BCUT2D eigenvalue weighted by molar-refractivity contribution is 7.09. The maximum Gasteiger partial charge on any atom is 0.131 e. The zero-order chi connectivity index (χ0) is 11.5. The summed E-state index contributed by atoms with van der Waals surface area (Å²) in [5, 5.41) is 3.13. The smallest absolute Gasteiger partial charge is 0.131 e. The number of hydrogen-bond donors (Lipinski definition) is 0. The third-order valence-electron chi connectivity index (χ3n) is 2.44. The Morgan fingerprint density at radius 2 is 1.88 bits per heavy atom. The van der Waals surface area contributed by atoms with Gasteiger partial charge in [0.25, 0.3) is 0 Å². The van der Waals surface area contributed by atoms with Gasteiger partial charge in [0, 0.05) is 5.38 Å². The van der Waals surface area contributed by atoms with E-state index >= 15 is 0 Å². The van der Waals surface area contributed by atoms with E-state index in [4.69, 9.17) is 4.74 Å². The number of nitrogens with zero attached hydrogens (tertiary/aromatic N) is 1. The molecule has 0 radical (unpaired) electrons. The molecule has 0 amide bonds. The van der Waals surface area contributed by atoms with Gasteiger partial charge in [-0.1, -0.05) is 18.2 Å². The van der Waals surface area contributed by atoms with Crippen LogP contribution in [-0.4, -0.2) is 4.98 Å². The van der Waals surface area contributed by atoms with E-state index in [2.05, 4.69) is 31.0 Å². The Balaban J connectivity index is 2.10. The van der Waals surface area contributed by atoms with Crippen molar-refractivity contribution in [3.05, 3.63) is 45.4 Å². The van der Waals surface area contributed by atoms with Gasteiger partial charge in [0.15, 0.2) is 0 Å². The topological polar surface area (TPSA) is 22.1 Å². The number of thiazole rings is 1. The van der Waals surface area contributed by atoms with Gasteiger partial charge in [-0.25, -0.2) is 4.98 Å². The van der Waals surface area contributed by atoms with Gasteiger partial charge in [-0.15, -0.1) is 11.3 Å². The van der Waals surface area contributed by atoms with Gasteiger partial charge < -0.3 is 4.74 Å². The molecule has 0 aliphatic heterocycles. The molecule has 0 atom stereocenters. The van der Waals surface area contributed by atoms with E-state index in [9.17, 15) is 0 Å². The Labute approximate surface area is 99.9 Å². The molecule has 1 aromatic carbocycles. The SMILES string of the molecule is Cc1nc(COc2c(C)cccc2C)cs1. The molecular weight excluding hydrogens is 218 g/mol. The Morgan fingerprint density at radius 3 is 2.44 bits per heavy atom. The van der Waals surface area contributed by atoms with Crippen molar-refractivity contribution in [2.75, 3.05) is 0 Å². The van der Waals surface area contributed by atoms with Crippen LogP contribution in [0.3, 0.4) is 0 Å². The summed E-state index contributed by atoms with van der Waals surface area (Å²) in [7, 11) is 0. The van der Waals surface area contributed by atoms with Crippen LogP contribution in [0.15, 0.2) is 23.6 Å². The molecular formula is C13H15NOS. The van der Waals surface area contributed by atoms with E-state index in [0.29, 0.717) is 6.61 Å². The van der Waals surface area contributed by atoms with Crippen LogP contribution in [0.5, 0.6) is 5.75 Å². The van der Waals surface area contributed by atoms with Crippen molar-refractivity contribution in [2.45, 2.75) is 27.4 Å². The minimum absolute atomic E-state index is 0.552. The molecule has 84 valence electrons. The number of aromatic nitrogens is 1. The maximum absolute atomic E-state index is 5.81. The number of aryl methyl sites for hydroxylation is 3. The molecule has 0 N–H and O–H groups in total. The van der Waals surface area contributed by atoms with Crippen molar-refractivity contribution < 1.29 is 4.74 Å². The third-order valence-corrected chi connectivity index (χ3v) is 3.26. The van der Waals surface area contributed by atoms with Crippen LogP contribution in [0.1, 0.15) is 21.8 Å². The summed E-state index contributed by atoms with van der Waals surface area (Å²) in [5.41, 5.74) is 3.35. The van der Waals surface area contributed by atoms with Crippen molar-refractivity contribution in [1.29, 1.82) is 0 Å². The maximum atomic E-state index is 5.81. The van der Waals surface area contributed by atoms with Crippen LogP contribution < -0.4 is 4.74 Å². The fourth-order valence-electron chi connectivity index (χ4n) is 1.65. The number of para-hydroxylation sites is 1.